The standard InChI is InChI=1S/C20H31N3O4/c1-25-16-8-12-22(13-9-16)15-6-10-23(11-7-15)20(24)21-18-5-4-17(26-2)14-19(18)27-3/h4-5,14-16H,6-13H2,1-3H3,(H,21,24). The average molecular weight is 377 g/mol. The van der Waals surface area contributed by atoms with Gasteiger partial charge in [0.05, 0.1) is 26.0 Å². The van der Waals surface area contributed by atoms with Crippen molar-refractivity contribution in [3.63, 3.8) is 0 Å². The Kier molecular flexibility index (Phi) is 6.79. The van der Waals surface area contributed by atoms with Gasteiger partial charge in [-0.1, -0.05) is 0 Å². The van der Waals surface area contributed by atoms with Gasteiger partial charge in [0.15, 0.2) is 0 Å². The molecule has 2 aliphatic heterocycles. The summed E-state index contributed by atoms with van der Waals surface area (Å²) in [6, 6.07) is 5.89. The molecule has 0 saturated carbocycles. The summed E-state index contributed by atoms with van der Waals surface area (Å²) in [5.41, 5.74) is 0.659. The Labute approximate surface area is 161 Å². The van der Waals surface area contributed by atoms with Gasteiger partial charge in [-0.3, -0.25) is 0 Å². The molecular weight excluding hydrogens is 346 g/mol. The summed E-state index contributed by atoms with van der Waals surface area (Å²) < 4.78 is 16.0. The van der Waals surface area contributed by atoms with Crippen LogP contribution in [0.3, 0.4) is 0 Å². The lowest BCUT2D eigenvalue weighted by atomic mass is 9.99. The largest absolute Gasteiger partial charge is 0.497 e. The fraction of sp³-hybridized carbons (Fsp3) is 0.650. The first-order valence-electron chi connectivity index (χ1n) is 9.69. The highest BCUT2D eigenvalue weighted by Gasteiger charge is 2.29. The third-order valence-corrected chi connectivity index (χ3v) is 5.73. The summed E-state index contributed by atoms with van der Waals surface area (Å²) in [5.74, 6) is 1.29. The van der Waals surface area contributed by atoms with Crippen molar-refractivity contribution in [2.45, 2.75) is 37.8 Å². The van der Waals surface area contributed by atoms with Crippen molar-refractivity contribution in [1.82, 2.24) is 9.80 Å². The molecule has 1 aromatic carbocycles. The van der Waals surface area contributed by atoms with Crippen molar-refractivity contribution >= 4 is 11.7 Å². The van der Waals surface area contributed by atoms with Crippen molar-refractivity contribution in [2.75, 3.05) is 52.8 Å². The molecule has 2 fully saturated rings. The highest BCUT2D eigenvalue weighted by atomic mass is 16.5. The summed E-state index contributed by atoms with van der Waals surface area (Å²) in [4.78, 5) is 17.1. The highest BCUT2D eigenvalue weighted by Crippen LogP contribution is 2.29. The fourth-order valence-electron chi connectivity index (χ4n) is 4.01. The molecular formula is C20H31N3O4. The van der Waals surface area contributed by atoms with E-state index in [1.807, 2.05) is 17.0 Å². The second-order valence-corrected chi connectivity index (χ2v) is 7.19. The number of benzene rings is 1. The minimum absolute atomic E-state index is 0.0741. The van der Waals surface area contributed by atoms with Crippen LogP contribution in [-0.4, -0.2) is 75.5 Å². The molecule has 0 radical (unpaired) electrons. The zero-order chi connectivity index (χ0) is 19.2. The number of likely N-dealkylation sites (tertiary alicyclic amines) is 2. The van der Waals surface area contributed by atoms with Gasteiger partial charge in [0.25, 0.3) is 0 Å². The van der Waals surface area contributed by atoms with Gasteiger partial charge in [-0.05, 0) is 37.8 Å². The monoisotopic (exact) mass is 377 g/mol. The third-order valence-electron chi connectivity index (χ3n) is 5.73. The molecule has 2 heterocycles. The van der Waals surface area contributed by atoms with Gasteiger partial charge in [0.1, 0.15) is 11.5 Å². The van der Waals surface area contributed by atoms with Gasteiger partial charge < -0.3 is 29.3 Å². The number of carbonyl (C=O) groups excluding carboxylic acids is 1. The molecule has 3 rings (SSSR count). The molecule has 0 unspecified atom stereocenters. The predicted octanol–water partition coefficient (Wildman–Crippen LogP) is 2.81. The van der Waals surface area contributed by atoms with Crippen LogP contribution in [0.2, 0.25) is 0 Å². The third kappa shape index (κ3) is 4.84. The minimum Gasteiger partial charge on any atom is -0.497 e. The summed E-state index contributed by atoms with van der Waals surface area (Å²) in [6.45, 7) is 3.75. The molecule has 0 bridgehead atoms. The highest BCUT2D eigenvalue weighted by molar-refractivity contribution is 5.91. The second-order valence-electron chi connectivity index (χ2n) is 7.19. The number of hydrogen-bond donors (Lipinski definition) is 1. The van der Waals surface area contributed by atoms with Gasteiger partial charge in [0.2, 0.25) is 0 Å². The molecule has 2 amide bonds. The van der Waals surface area contributed by atoms with Crippen LogP contribution in [0.1, 0.15) is 25.7 Å². The first kappa shape index (κ1) is 19.8. The van der Waals surface area contributed by atoms with Gasteiger partial charge in [-0.2, -0.15) is 0 Å². The molecule has 0 aliphatic carbocycles. The maximum atomic E-state index is 12.7. The number of urea groups is 1. The molecule has 2 aliphatic rings. The normalized spacial score (nSPS) is 19.7. The van der Waals surface area contributed by atoms with Crippen LogP contribution < -0.4 is 14.8 Å². The van der Waals surface area contributed by atoms with Crippen LogP contribution in [0.25, 0.3) is 0 Å². The van der Waals surface area contributed by atoms with Crippen molar-refractivity contribution in [3.8, 4) is 11.5 Å². The Morgan fingerprint density at radius 2 is 1.70 bits per heavy atom. The van der Waals surface area contributed by atoms with E-state index in [2.05, 4.69) is 10.2 Å². The molecule has 0 spiro atoms. The minimum atomic E-state index is -0.0741. The van der Waals surface area contributed by atoms with Gasteiger partial charge in [-0.25, -0.2) is 4.79 Å². The molecule has 0 atom stereocenters. The van der Waals surface area contributed by atoms with E-state index in [1.54, 1.807) is 27.4 Å². The van der Waals surface area contributed by atoms with Crippen molar-refractivity contribution < 1.29 is 19.0 Å². The molecule has 7 heteroatoms. The number of nitrogens with zero attached hydrogens (tertiary/aromatic N) is 2. The number of anilines is 1. The maximum absolute atomic E-state index is 12.7. The first-order valence-corrected chi connectivity index (χ1v) is 9.69. The zero-order valence-electron chi connectivity index (χ0n) is 16.6. The number of amides is 2. The number of carbonyl (C=O) groups is 1. The van der Waals surface area contributed by atoms with Gasteiger partial charge >= 0.3 is 6.03 Å². The molecule has 27 heavy (non-hydrogen) atoms. The van der Waals surface area contributed by atoms with Crippen molar-refractivity contribution in [3.05, 3.63) is 18.2 Å². The summed E-state index contributed by atoms with van der Waals surface area (Å²) >= 11 is 0. The maximum Gasteiger partial charge on any atom is 0.321 e. The number of ether oxygens (including phenoxy) is 3. The molecule has 150 valence electrons. The molecule has 1 N–H and O–H groups in total. The van der Waals surface area contributed by atoms with Crippen molar-refractivity contribution in [1.29, 1.82) is 0 Å². The van der Waals surface area contributed by atoms with E-state index >= 15 is 0 Å². The Morgan fingerprint density at radius 1 is 1.00 bits per heavy atom. The van der Waals surface area contributed by atoms with E-state index in [-0.39, 0.29) is 6.03 Å². The van der Waals surface area contributed by atoms with E-state index in [0.717, 1.165) is 51.9 Å². The summed E-state index contributed by atoms with van der Waals surface area (Å²) in [6.07, 6.45) is 4.66. The van der Waals surface area contributed by atoms with E-state index in [1.165, 1.54) is 0 Å². The van der Waals surface area contributed by atoms with Crippen LogP contribution >= 0.6 is 0 Å². The quantitative estimate of drug-likeness (QED) is 0.855. The van der Waals surface area contributed by atoms with Crippen LogP contribution in [0.15, 0.2) is 18.2 Å². The lowest BCUT2D eigenvalue weighted by Crippen LogP contribution is -2.50. The number of hydrogen-bond acceptors (Lipinski definition) is 5. The first-order chi connectivity index (χ1) is 13.1. The molecule has 7 nitrogen and oxygen atoms in total. The second kappa shape index (κ2) is 9.28. The summed E-state index contributed by atoms with van der Waals surface area (Å²) in [7, 11) is 4.99. The topological polar surface area (TPSA) is 63.3 Å². The van der Waals surface area contributed by atoms with Crippen LogP contribution in [-0.2, 0) is 4.74 Å². The Morgan fingerprint density at radius 3 is 2.30 bits per heavy atom. The summed E-state index contributed by atoms with van der Waals surface area (Å²) in [5, 5.41) is 2.97. The SMILES string of the molecule is COc1ccc(NC(=O)N2CCC(N3CCC(OC)CC3)CC2)c(OC)c1. The van der Waals surface area contributed by atoms with Crippen LogP contribution in [0, 0.1) is 0 Å². The van der Waals surface area contributed by atoms with Crippen LogP contribution in [0.4, 0.5) is 10.5 Å². The molecule has 0 aromatic heterocycles. The zero-order valence-corrected chi connectivity index (χ0v) is 16.6. The molecule has 1 aromatic rings. The smallest absolute Gasteiger partial charge is 0.321 e. The van der Waals surface area contributed by atoms with E-state index < -0.39 is 0 Å². The fourth-order valence-corrected chi connectivity index (χ4v) is 4.01. The lowest BCUT2D eigenvalue weighted by molar-refractivity contribution is 0.0173. The molecule has 2 saturated heterocycles. The average Bonchev–Trinajstić information content (AvgIpc) is 2.74. The Bertz CT molecular complexity index is 624. The van der Waals surface area contributed by atoms with Gasteiger partial charge in [-0.15, -0.1) is 0 Å². The van der Waals surface area contributed by atoms with Crippen molar-refractivity contribution in [2.24, 2.45) is 0 Å². The van der Waals surface area contributed by atoms with Gasteiger partial charge in [0, 0.05) is 45.4 Å². The lowest BCUT2D eigenvalue weighted by Gasteiger charge is -2.41. The van der Waals surface area contributed by atoms with E-state index in [0.29, 0.717) is 29.3 Å². The number of rotatable bonds is 5. The predicted molar refractivity (Wildman–Crippen MR) is 105 cm³/mol. The Hall–Kier alpha value is -1.99. The Balaban J connectivity index is 1.50. The number of methoxy groups -OCH3 is 3. The van der Waals surface area contributed by atoms with E-state index in [4.69, 9.17) is 14.2 Å². The number of piperidine rings is 2. The number of nitrogens with one attached hydrogen (secondary N) is 1. The van der Waals surface area contributed by atoms with Crippen LogP contribution in [0.5, 0.6) is 11.5 Å². The van der Waals surface area contributed by atoms with E-state index in [9.17, 15) is 4.79 Å².